The third-order valence-corrected chi connectivity index (χ3v) is 4.74. The van der Waals surface area contributed by atoms with Crippen molar-refractivity contribution in [1.82, 2.24) is 5.32 Å². The van der Waals surface area contributed by atoms with Crippen LogP contribution in [0.1, 0.15) is 20.8 Å². The Morgan fingerprint density at radius 1 is 1.00 bits per heavy atom. The van der Waals surface area contributed by atoms with Crippen molar-refractivity contribution in [2.75, 3.05) is 4.72 Å². The van der Waals surface area contributed by atoms with Crippen molar-refractivity contribution in [3.05, 3.63) is 54.3 Å². The summed E-state index contributed by atoms with van der Waals surface area (Å²) in [6.07, 6.45) is -0.711. The second-order valence-electron chi connectivity index (χ2n) is 6.01. The molecule has 1 amide bonds. The number of carbonyl (C=O) groups is 1. The summed E-state index contributed by atoms with van der Waals surface area (Å²) < 4.78 is 45.4. The fourth-order valence-corrected chi connectivity index (χ4v) is 3.15. The summed E-state index contributed by atoms with van der Waals surface area (Å²) in [7, 11) is -3.81. The van der Waals surface area contributed by atoms with Gasteiger partial charge in [-0.2, -0.15) is 0 Å². The van der Waals surface area contributed by atoms with Crippen LogP contribution in [0, 0.1) is 5.82 Å². The van der Waals surface area contributed by atoms with Gasteiger partial charge in [0, 0.05) is 11.7 Å². The average molecular weight is 380 g/mol. The minimum atomic E-state index is -3.81. The Morgan fingerprint density at radius 3 is 2.12 bits per heavy atom. The second-order valence-corrected chi connectivity index (χ2v) is 7.69. The fourth-order valence-electron chi connectivity index (χ4n) is 2.09. The zero-order chi connectivity index (χ0) is 19.3. The van der Waals surface area contributed by atoms with Gasteiger partial charge in [0.2, 0.25) is 0 Å². The summed E-state index contributed by atoms with van der Waals surface area (Å²) in [5, 5.41) is 2.73. The van der Waals surface area contributed by atoms with E-state index in [1.165, 1.54) is 48.5 Å². The van der Waals surface area contributed by atoms with Crippen molar-refractivity contribution >= 4 is 21.6 Å². The number of halogens is 1. The van der Waals surface area contributed by atoms with Crippen LogP contribution >= 0.6 is 0 Å². The van der Waals surface area contributed by atoms with Crippen LogP contribution in [-0.2, 0) is 14.8 Å². The number of hydrogen-bond donors (Lipinski definition) is 2. The van der Waals surface area contributed by atoms with Crippen LogP contribution in [0.4, 0.5) is 10.1 Å². The van der Waals surface area contributed by atoms with E-state index >= 15 is 0 Å². The van der Waals surface area contributed by atoms with E-state index in [9.17, 15) is 17.6 Å². The van der Waals surface area contributed by atoms with Gasteiger partial charge in [0.25, 0.3) is 15.9 Å². The van der Waals surface area contributed by atoms with Gasteiger partial charge in [0.05, 0.1) is 4.90 Å². The Bertz CT molecular complexity index is 850. The minimum absolute atomic E-state index is 0.00129. The van der Waals surface area contributed by atoms with Crippen LogP contribution in [-0.4, -0.2) is 26.5 Å². The van der Waals surface area contributed by atoms with Crippen LogP contribution in [0.15, 0.2) is 53.4 Å². The molecular formula is C18H21FN2O4S. The maximum atomic E-state index is 12.9. The molecule has 0 aromatic heterocycles. The number of carbonyl (C=O) groups excluding carboxylic acids is 1. The van der Waals surface area contributed by atoms with Gasteiger partial charge in [-0.3, -0.25) is 9.52 Å². The van der Waals surface area contributed by atoms with E-state index in [1.54, 1.807) is 6.92 Å². The number of rotatable bonds is 7. The Balaban J connectivity index is 2.05. The molecule has 0 spiro atoms. The summed E-state index contributed by atoms with van der Waals surface area (Å²) in [5.41, 5.74) is 0.255. The Morgan fingerprint density at radius 2 is 1.58 bits per heavy atom. The minimum Gasteiger partial charge on any atom is -0.481 e. The van der Waals surface area contributed by atoms with Gasteiger partial charge in [-0.1, -0.05) is 0 Å². The molecule has 0 bridgehead atoms. The molecule has 2 rings (SSSR count). The number of ether oxygens (including phenoxy) is 1. The second kappa shape index (κ2) is 8.18. The predicted molar refractivity (Wildman–Crippen MR) is 97.0 cm³/mol. The van der Waals surface area contributed by atoms with Gasteiger partial charge < -0.3 is 10.1 Å². The van der Waals surface area contributed by atoms with Gasteiger partial charge in [-0.15, -0.1) is 0 Å². The highest BCUT2D eigenvalue weighted by Crippen LogP contribution is 2.20. The topological polar surface area (TPSA) is 84.5 Å². The summed E-state index contributed by atoms with van der Waals surface area (Å²) >= 11 is 0. The van der Waals surface area contributed by atoms with Crippen LogP contribution in [0.3, 0.4) is 0 Å². The Hall–Kier alpha value is -2.61. The molecule has 0 fully saturated rings. The largest absolute Gasteiger partial charge is 0.481 e. The van der Waals surface area contributed by atoms with Gasteiger partial charge in [-0.05, 0) is 69.3 Å². The lowest BCUT2D eigenvalue weighted by Gasteiger charge is -2.16. The first kappa shape index (κ1) is 19.7. The van der Waals surface area contributed by atoms with Crippen molar-refractivity contribution in [1.29, 1.82) is 0 Å². The third-order valence-electron chi connectivity index (χ3n) is 3.34. The molecule has 26 heavy (non-hydrogen) atoms. The molecule has 0 radical (unpaired) electrons. The van der Waals surface area contributed by atoms with Gasteiger partial charge in [-0.25, -0.2) is 12.8 Å². The Kier molecular flexibility index (Phi) is 6.20. The molecular weight excluding hydrogens is 359 g/mol. The highest BCUT2D eigenvalue weighted by atomic mass is 32.2. The summed E-state index contributed by atoms with van der Waals surface area (Å²) in [6, 6.07) is 10.7. The molecule has 2 aromatic rings. The summed E-state index contributed by atoms with van der Waals surface area (Å²) in [5.74, 6) is -0.336. The van der Waals surface area contributed by atoms with Crippen molar-refractivity contribution in [2.24, 2.45) is 0 Å². The molecule has 1 atom stereocenters. The van der Waals surface area contributed by atoms with Crippen LogP contribution in [0.25, 0.3) is 0 Å². The zero-order valence-electron chi connectivity index (χ0n) is 14.7. The SMILES string of the molecule is CC(C)NC(=O)[C@@H](C)Oc1ccc(S(=O)(=O)Nc2ccc(F)cc2)cc1. The van der Waals surface area contributed by atoms with Gasteiger partial charge >= 0.3 is 0 Å². The standard InChI is InChI=1S/C18H21FN2O4S/c1-12(2)20-18(22)13(3)25-16-8-10-17(11-9-16)26(23,24)21-15-6-4-14(19)5-7-15/h4-13,21H,1-3H3,(H,20,22)/t13-/m1/s1. The van der Waals surface area contributed by atoms with E-state index in [4.69, 9.17) is 4.74 Å². The average Bonchev–Trinajstić information content (AvgIpc) is 2.56. The number of hydrogen-bond acceptors (Lipinski definition) is 4. The monoisotopic (exact) mass is 380 g/mol. The van der Waals surface area contributed by atoms with Crippen molar-refractivity contribution in [2.45, 2.75) is 37.8 Å². The maximum Gasteiger partial charge on any atom is 0.261 e. The molecule has 8 heteroatoms. The molecule has 0 aliphatic rings. The van der Waals surface area contributed by atoms with E-state index in [-0.39, 0.29) is 22.5 Å². The lowest BCUT2D eigenvalue weighted by molar-refractivity contribution is -0.127. The first-order valence-electron chi connectivity index (χ1n) is 8.03. The zero-order valence-corrected chi connectivity index (χ0v) is 15.5. The van der Waals surface area contributed by atoms with Crippen LogP contribution in [0.5, 0.6) is 5.75 Å². The number of nitrogens with one attached hydrogen (secondary N) is 2. The number of anilines is 1. The molecule has 0 unspecified atom stereocenters. The fraction of sp³-hybridized carbons (Fsp3) is 0.278. The van der Waals surface area contributed by atoms with Crippen LogP contribution in [0.2, 0.25) is 0 Å². The first-order chi connectivity index (χ1) is 12.2. The molecule has 0 saturated carbocycles. The quantitative estimate of drug-likeness (QED) is 0.774. The molecule has 2 N–H and O–H groups in total. The van der Waals surface area contributed by atoms with Crippen LogP contribution < -0.4 is 14.8 Å². The van der Waals surface area contributed by atoms with Crippen molar-refractivity contribution in [3.63, 3.8) is 0 Å². The summed E-state index contributed by atoms with van der Waals surface area (Å²) in [4.78, 5) is 11.9. The highest BCUT2D eigenvalue weighted by molar-refractivity contribution is 7.92. The molecule has 0 saturated heterocycles. The maximum absolute atomic E-state index is 12.9. The van der Waals surface area contributed by atoms with Gasteiger partial charge in [0.1, 0.15) is 11.6 Å². The summed E-state index contributed by atoms with van der Waals surface area (Å²) in [6.45, 7) is 5.30. The first-order valence-corrected chi connectivity index (χ1v) is 9.51. The van der Waals surface area contributed by atoms with E-state index in [0.29, 0.717) is 5.75 Å². The van der Waals surface area contributed by atoms with E-state index < -0.39 is 21.9 Å². The van der Waals surface area contributed by atoms with E-state index in [1.807, 2.05) is 13.8 Å². The van der Waals surface area contributed by atoms with Gasteiger partial charge in [0.15, 0.2) is 6.10 Å². The smallest absolute Gasteiger partial charge is 0.261 e. The van der Waals surface area contributed by atoms with E-state index in [0.717, 1.165) is 0 Å². The van der Waals surface area contributed by atoms with Crippen molar-refractivity contribution < 1.29 is 22.3 Å². The number of sulfonamides is 1. The predicted octanol–water partition coefficient (Wildman–Crippen LogP) is 2.92. The number of benzene rings is 2. The molecule has 0 heterocycles. The molecule has 2 aromatic carbocycles. The van der Waals surface area contributed by atoms with E-state index in [2.05, 4.69) is 10.0 Å². The lowest BCUT2D eigenvalue weighted by Crippen LogP contribution is -2.40. The lowest BCUT2D eigenvalue weighted by atomic mass is 10.3. The highest BCUT2D eigenvalue weighted by Gasteiger charge is 2.17. The molecule has 0 aliphatic heterocycles. The third kappa shape index (κ3) is 5.45. The normalized spacial score (nSPS) is 12.5. The van der Waals surface area contributed by atoms with Crippen molar-refractivity contribution in [3.8, 4) is 5.75 Å². The number of amides is 1. The molecule has 140 valence electrons. The molecule has 0 aliphatic carbocycles. The Labute approximate surface area is 152 Å². The molecule has 6 nitrogen and oxygen atoms in total.